The molecule has 0 aliphatic rings. The van der Waals surface area contributed by atoms with Gasteiger partial charge in [-0.3, -0.25) is 4.98 Å². The smallest absolute Gasteiger partial charge is 0.172 e. The van der Waals surface area contributed by atoms with Crippen molar-refractivity contribution in [1.82, 2.24) is 10.3 Å². The van der Waals surface area contributed by atoms with E-state index in [9.17, 15) is 0 Å². The molecule has 4 heteroatoms. The summed E-state index contributed by atoms with van der Waals surface area (Å²) in [5.41, 5.74) is 2.23. The molecule has 2 rings (SSSR count). The van der Waals surface area contributed by atoms with Crippen LogP contribution < -0.4 is 5.32 Å². The number of nitrogens with one attached hydrogen (secondary N) is 1. The second-order valence-electron chi connectivity index (χ2n) is 4.94. The summed E-state index contributed by atoms with van der Waals surface area (Å²) >= 11 is 0. The van der Waals surface area contributed by atoms with Crippen molar-refractivity contribution in [2.24, 2.45) is 0 Å². The van der Waals surface area contributed by atoms with Gasteiger partial charge >= 0.3 is 0 Å². The largest absolute Gasteiger partial charge is 0.351 e. The summed E-state index contributed by atoms with van der Waals surface area (Å²) in [4.78, 5) is 4.47. The Kier molecular flexibility index (Phi) is 6.11. The van der Waals surface area contributed by atoms with Crippen molar-refractivity contribution in [1.29, 1.82) is 0 Å². The Labute approximate surface area is 126 Å². The lowest BCUT2D eigenvalue weighted by atomic mass is 10.1. The van der Waals surface area contributed by atoms with Gasteiger partial charge in [0.05, 0.1) is 11.6 Å². The monoisotopic (exact) mass is 288 g/mol. The minimum absolute atomic E-state index is 0.115. The normalized spacial score (nSPS) is 13.0. The van der Waals surface area contributed by atoms with Gasteiger partial charge in [0, 0.05) is 31.3 Å². The van der Waals surface area contributed by atoms with E-state index in [1.54, 1.807) is 0 Å². The predicted molar refractivity (Wildman–Crippen MR) is 85.1 cm³/mol. The van der Waals surface area contributed by atoms with Crippen LogP contribution >= 0.6 is 0 Å². The maximum atomic E-state index is 5.62. The second kappa shape index (κ2) is 8.08. The number of hydrogen-bond donors (Lipinski definition) is 1. The number of ether oxygens (including phenoxy) is 2. The van der Waals surface area contributed by atoms with Gasteiger partial charge in [0.15, 0.2) is 6.29 Å². The van der Waals surface area contributed by atoms with Crippen molar-refractivity contribution in [3.8, 4) is 0 Å². The molecule has 0 radical (unpaired) electrons. The van der Waals surface area contributed by atoms with Crippen LogP contribution in [0.3, 0.4) is 0 Å². The average Bonchev–Trinajstić information content (AvgIpc) is 2.52. The van der Waals surface area contributed by atoms with Crippen LogP contribution in [0.2, 0.25) is 0 Å². The Bertz CT molecular complexity index is 548. The highest BCUT2D eigenvalue weighted by Crippen LogP contribution is 2.16. The van der Waals surface area contributed by atoms with E-state index in [1.165, 1.54) is 5.56 Å². The Morgan fingerprint density at radius 3 is 2.52 bits per heavy atom. The lowest BCUT2D eigenvalue weighted by molar-refractivity contribution is -0.151. The third-order valence-corrected chi connectivity index (χ3v) is 3.40. The van der Waals surface area contributed by atoms with Crippen molar-refractivity contribution in [2.75, 3.05) is 13.2 Å². The number of hydrogen-bond acceptors (Lipinski definition) is 4. The van der Waals surface area contributed by atoms with Gasteiger partial charge in [0.25, 0.3) is 0 Å². The number of nitrogens with zero attached hydrogens (tertiary/aromatic N) is 1. The van der Waals surface area contributed by atoms with Gasteiger partial charge in [-0.2, -0.15) is 0 Å². The lowest BCUT2D eigenvalue weighted by Gasteiger charge is -2.24. The molecule has 0 spiro atoms. The molecule has 114 valence electrons. The first kappa shape index (κ1) is 15.9. The number of benzene rings is 1. The Hall–Kier alpha value is -1.49. The van der Waals surface area contributed by atoms with Crippen molar-refractivity contribution in [3.63, 3.8) is 0 Å². The van der Waals surface area contributed by atoms with E-state index in [0.29, 0.717) is 13.2 Å². The third kappa shape index (κ3) is 4.24. The van der Waals surface area contributed by atoms with E-state index >= 15 is 0 Å². The van der Waals surface area contributed by atoms with Crippen LogP contribution in [0.5, 0.6) is 0 Å². The number of pyridine rings is 1. The van der Waals surface area contributed by atoms with E-state index in [2.05, 4.69) is 41.5 Å². The summed E-state index contributed by atoms with van der Waals surface area (Å²) in [6.45, 7) is 8.07. The molecule has 0 aliphatic heterocycles. The van der Waals surface area contributed by atoms with Crippen LogP contribution in [0.1, 0.15) is 26.3 Å². The molecule has 1 aromatic heterocycles. The predicted octanol–water partition coefficient (Wildman–Crippen LogP) is 3.11. The number of para-hydroxylation sites is 1. The van der Waals surface area contributed by atoms with Gasteiger partial charge in [-0.15, -0.1) is 0 Å². The molecule has 1 atom stereocenters. The number of aromatic nitrogens is 1. The standard InChI is InChI=1S/C17H24N2O2/c1-4-20-17(21-5-2)13(3)19-12-15-9-6-8-14-10-7-11-18-16(14)15/h6-11,13,17,19H,4-5,12H2,1-3H3. The number of fused-ring (bicyclic) bond motifs is 1. The van der Waals surface area contributed by atoms with Crippen LogP contribution in [0.4, 0.5) is 0 Å². The molecule has 0 amide bonds. The molecule has 1 heterocycles. The zero-order valence-electron chi connectivity index (χ0n) is 13.0. The summed E-state index contributed by atoms with van der Waals surface area (Å²) in [5, 5.41) is 4.63. The second-order valence-corrected chi connectivity index (χ2v) is 4.94. The molecule has 21 heavy (non-hydrogen) atoms. The molecule has 0 bridgehead atoms. The number of rotatable bonds is 8. The van der Waals surface area contributed by atoms with E-state index < -0.39 is 0 Å². The fourth-order valence-electron chi connectivity index (χ4n) is 2.34. The maximum absolute atomic E-state index is 5.62. The van der Waals surface area contributed by atoms with Gasteiger partial charge in [-0.1, -0.05) is 24.3 Å². The molecule has 0 saturated carbocycles. The SMILES string of the molecule is CCOC(OCC)C(C)NCc1cccc2cccnc12. The van der Waals surface area contributed by atoms with Crippen LogP contribution in [-0.4, -0.2) is 30.5 Å². The molecular weight excluding hydrogens is 264 g/mol. The average molecular weight is 288 g/mol. The molecule has 0 saturated heterocycles. The highest BCUT2D eigenvalue weighted by atomic mass is 16.7. The summed E-state index contributed by atoms with van der Waals surface area (Å²) in [7, 11) is 0. The summed E-state index contributed by atoms with van der Waals surface area (Å²) in [6, 6.07) is 10.4. The van der Waals surface area contributed by atoms with Crippen LogP contribution in [0.15, 0.2) is 36.5 Å². The molecule has 1 aromatic carbocycles. The van der Waals surface area contributed by atoms with Crippen LogP contribution in [0, 0.1) is 0 Å². The minimum Gasteiger partial charge on any atom is -0.351 e. The molecule has 1 N–H and O–H groups in total. The first-order chi connectivity index (χ1) is 10.3. The minimum atomic E-state index is -0.220. The fourth-order valence-corrected chi connectivity index (χ4v) is 2.34. The fraction of sp³-hybridized carbons (Fsp3) is 0.471. The van der Waals surface area contributed by atoms with Gasteiger partial charge < -0.3 is 14.8 Å². The highest BCUT2D eigenvalue weighted by Gasteiger charge is 2.17. The van der Waals surface area contributed by atoms with E-state index in [1.807, 2.05) is 26.1 Å². The maximum Gasteiger partial charge on any atom is 0.172 e. The van der Waals surface area contributed by atoms with Crippen molar-refractivity contribution >= 4 is 10.9 Å². The summed E-state index contributed by atoms with van der Waals surface area (Å²) in [5.74, 6) is 0. The van der Waals surface area contributed by atoms with Crippen LogP contribution in [0.25, 0.3) is 10.9 Å². The molecule has 0 aliphatic carbocycles. The van der Waals surface area contributed by atoms with Gasteiger partial charge in [0.2, 0.25) is 0 Å². The lowest BCUT2D eigenvalue weighted by Crippen LogP contribution is -2.40. The quantitative estimate of drug-likeness (QED) is 0.758. The first-order valence-electron chi connectivity index (χ1n) is 7.55. The van der Waals surface area contributed by atoms with E-state index in [0.717, 1.165) is 17.4 Å². The van der Waals surface area contributed by atoms with Crippen molar-refractivity contribution in [3.05, 3.63) is 42.1 Å². The van der Waals surface area contributed by atoms with E-state index in [4.69, 9.17) is 9.47 Å². The Morgan fingerprint density at radius 1 is 1.10 bits per heavy atom. The van der Waals surface area contributed by atoms with Gasteiger partial charge in [-0.25, -0.2) is 0 Å². The van der Waals surface area contributed by atoms with Crippen molar-refractivity contribution < 1.29 is 9.47 Å². The van der Waals surface area contributed by atoms with Crippen molar-refractivity contribution in [2.45, 2.75) is 39.6 Å². The van der Waals surface area contributed by atoms with Gasteiger partial charge in [-0.05, 0) is 32.4 Å². The Balaban J connectivity index is 2.03. The topological polar surface area (TPSA) is 43.4 Å². The zero-order valence-corrected chi connectivity index (χ0v) is 13.0. The Morgan fingerprint density at radius 2 is 1.81 bits per heavy atom. The third-order valence-electron chi connectivity index (χ3n) is 3.40. The molecule has 1 unspecified atom stereocenters. The first-order valence-corrected chi connectivity index (χ1v) is 7.55. The molecular formula is C17H24N2O2. The zero-order chi connectivity index (χ0) is 15.1. The summed E-state index contributed by atoms with van der Waals surface area (Å²) in [6.07, 6.45) is 1.61. The molecule has 2 aromatic rings. The van der Waals surface area contributed by atoms with Crippen LogP contribution in [-0.2, 0) is 16.0 Å². The molecule has 4 nitrogen and oxygen atoms in total. The highest BCUT2D eigenvalue weighted by molar-refractivity contribution is 5.81. The van der Waals surface area contributed by atoms with Gasteiger partial charge in [0.1, 0.15) is 0 Å². The van der Waals surface area contributed by atoms with E-state index in [-0.39, 0.29) is 12.3 Å². The summed E-state index contributed by atoms with van der Waals surface area (Å²) < 4.78 is 11.2. The molecule has 0 fully saturated rings.